The fraction of sp³-hybridized carbons (Fsp3) is 0.550. The van der Waals surface area contributed by atoms with Crippen LogP contribution in [0.25, 0.3) is 0 Å². The van der Waals surface area contributed by atoms with Crippen molar-refractivity contribution in [3.8, 4) is 0 Å². The average molecular weight is 418 g/mol. The molecule has 2 amide bonds. The lowest BCUT2D eigenvalue weighted by molar-refractivity contribution is -0.166. The Balaban J connectivity index is 1.60. The molecule has 0 N–H and O–H groups in total. The SMILES string of the molecule is Cc1cc(CN2CCCC3(CN(C(=O)c4ccncn4)CC(F)(F)C3)C2=O)n(C)n1. The van der Waals surface area contributed by atoms with Crippen molar-refractivity contribution in [2.75, 3.05) is 19.6 Å². The van der Waals surface area contributed by atoms with E-state index in [1.165, 1.54) is 18.6 Å². The zero-order chi connectivity index (χ0) is 21.5. The molecule has 2 saturated heterocycles. The number of halogens is 2. The molecule has 8 nitrogen and oxygen atoms in total. The van der Waals surface area contributed by atoms with Crippen molar-refractivity contribution in [2.45, 2.75) is 38.7 Å². The first kappa shape index (κ1) is 20.4. The van der Waals surface area contributed by atoms with Gasteiger partial charge in [-0.05, 0) is 31.9 Å². The van der Waals surface area contributed by atoms with Crippen LogP contribution in [-0.2, 0) is 18.4 Å². The summed E-state index contributed by atoms with van der Waals surface area (Å²) in [4.78, 5) is 36.6. The molecule has 1 spiro atoms. The van der Waals surface area contributed by atoms with E-state index in [4.69, 9.17) is 0 Å². The second kappa shape index (κ2) is 7.41. The van der Waals surface area contributed by atoms with E-state index in [9.17, 15) is 18.4 Å². The fourth-order valence-corrected chi connectivity index (χ4v) is 4.65. The van der Waals surface area contributed by atoms with E-state index >= 15 is 0 Å². The highest BCUT2D eigenvalue weighted by Gasteiger charge is 2.56. The lowest BCUT2D eigenvalue weighted by atomic mass is 9.71. The highest BCUT2D eigenvalue weighted by atomic mass is 19.3. The second-order valence-corrected chi connectivity index (χ2v) is 8.30. The minimum atomic E-state index is -3.15. The van der Waals surface area contributed by atoms with Gasteiger partial charge in [0.25, 0.3) is 11.8 Å². The predicted octanol–water partition coefficient (Wildman–Crippen LogP) is 1.81. The van der Waals surface area contributed by atoms with Crippen LogP contribution >= 0.6 is 0 Å². The van der Waals surface area contributed by atoms with Crippen LogP contribution in [0.4, 0.5) is 8.78 Å². The van der Waals surface area contributed by atoms with Gasteiger partial charge in [-0.25, -0.2) is 18.7 Å². The number of amides is 2. The molecule has 4 rings (SSSR count). The van der Waals surface area contributed by atoms with Crippen molar-refractivity contribution in [1.82, 2.24) is 29.5 Å². The first-order valence-corrected chi connectivity index (χ1v) is 9.91. The van der Waals surface area contributed by atoms with Crippen LogP contribution in [0.1, 0.15) is 41.1 Å². The quantitative estimate of drug-likeness (QED) is 0.759. The van der Waals surface area contributed by atoms with Gasteiger partial charge in [0.15, 0.2) is 0 Å². The van der Waals surface area contributed by atoms with Crippen molar-refractivity contribution >= 4 is 11.8 Å². The van der Waals surface area contributed by atoms with Crippen molar-refractivity contribution < 1.29 is 18.4 Å². The van der Waals surface area contributed by atoms with Gasteiger partial charge in [-0.1, -0.05) is 0 Å². The van der Waals surface area contributed by atoms with Crippen LogP contribution in [0.15, 0.2) is 24.7 Å². The molecule has 0 saturated carbocycles. The Morgan fingerprint density at radius 1 is 1.30 bits per heavy atom. The summed E-state index contributed by atoms with van der Waals surface area (Å²) in [6.07, 6.45) is 2.98. The number of hydrogen-bond donors (Lipinski definition) is 0. The highest BCUT2D eigenvalue weighted by Crippen LogP contribution is 2.45. The Bertz CT molecular complexity index is 963. The summed E-state index contributed by atoms with van der Waals surface area (Å²) in [5, 5.41) is 4.29. The number of aryl methyl sites for hydroxylation is 2. The molecular formula is C20H24F2N6O2. The molecular weight excluding hydrogens is 394 g/mol. The predicted molar refractivity (Wildman–Crippen MR) is 103 cm³/mol. The van der Waals surface area contributed by atoms with E-state index in [0.29, 0.717) is 25.9 Å². The molecule has 0 bridgehead atoms. The Morgan fingerprint density at radius 3 is 2.77 bits per heavy atom. The van der Waals surface area contributed by atoms with Crippen LogP contribution in [0.3, 0.4) is 0 Å². The molecule has 0 aromatic carbocycles. The van der Waals surface area contributed by atoms with Crippen molar-refractivity contribution in [3.05, 3.63) is 41.7 Å². The van der Waals surface area contributed by atoms with E-state index in [1.54, 1.807) is 16.6 Å². The van der Waals surface area contributed by atoms with E-state index in [0.717, 1.165) is 16.3 Å². The maximum atomic E-state index is 14.7. The zero-order valence-corrected chi connectivity index (χ0v) is 17.0. The molecule has 2 aliphatic rings. The first-order chi connectivity index (χ1) is 14.2. The van der Waals surface area contributed by atoms with Crippen LogP contribution in [0.2, 0.25) is 0 Å². The third-order valence-corrected chi connectivity index (χ3v) is 5.88. The molecule has 0 radical (unpaired) electrons. The Hall–Kier alpha value is -2.91. The number of rotatable bonds is 3. The van der Waals surface area contributed by atoms with E-state index in [1.807, 2.05) is 13.0 Å². The molecule has 2 aliphatic heterocycles. The number of hydrogen-bond acceptors (Lipinski definition) is 5. The third kappa shape index (κ3) is 3.78. The summed E-state index contributed by atoms with van der Waals surface area (Å²) in [6.45, 7) is 1.91. The van der Waals surface area contributed by atoms with E-state index in [2.05, 4.69) is 15.1 Å². The van der Waals surface area contributed by atoms with Gasteiger partial charge >= 0.3 is 0 Å². The van der Waals surface area contributed by atoms with Gasteiger partial charge in [0.1, 0.15) is 12.0 Å². The van der Waals surface area contributed by atoms with Gasteiger partial charge in [-0.15, -0.1) is 0 Å². The Labute approximate surface area is 172 Å². The number of aromatic nitrogens is 4. The van der Waals surface area contributed by atoms with Crippen molar-refractivity contribution in [3.63, 3.8) is 0 Å². The van der Waals surface area contributed by atoms with Gasteiger partial charge in [0.05, 0.1) is 29.9 Å². The van der Waals surface area contributed by atoms with Gasteiger partial charge in [0.2, 0.25) is 5.91 Å². The number of carbonyl (C=O) groups is 2. The highest BCUT2D eigenvalue weighted by molar-refractivity contribution is 5.93. The van der Waals surface area contributed by atoms with Gasteiger partial charge in [0, 0.05) is 32.8 Å². The maximum absolute atomic E-state index is 14.7. The van der Waals surface area contributed by atoms with Gasteiger partial charge < -0.3 is 9.80 Å². The average Bonchev–Trinajstić information content (AvgIpc) is 3.01. The Morgan fingerprint density at radius 2 is 2.10 bits per heavy atom. The molecule has 30 heavy (non-hydrogen) atoms. The number of likely N-dealkylation sites (tertiary alicyclic amines) is 2. The van der Waals surface area contributed by atoms with Crippen LogP contribution in [0.5, 0.6) is 0 Å². The summed E-state index contributed by atoms with van der Waals surface area (Å²) in [6, 6.07) is 3.27. The molecule has 160 valence electrons. The van der Waals surface area contributed by atoms with Gasteiger partial charge in [-0.2, -0.15) is 5.10 Å². The summed E-state index contributed by atoms with van der Waals surface area (Å²) in [5.41, 5.74) is 0.422. The molecule has 2 aromatic rings. The molecule has 1 atom stereocenters. The lowest BCUT2D eigenvalue weighted by Gasteiger charge is -2.49. The molecule has 4 heterocycles. The fourth-order valence-electron chi connectivity index (χ4n) is 4.65. The first-order valence-electron chi connectivity index (χ1n) is 9.91. The topological polar surface area (TPSA) is 84.2 Å². The van der Waals surface area contributed by atoms with E-state index in [-0.39, 0.29) is 18.1 Å². The van der Waals surface area contributed by atoms with E-state index < -0.39 is 30.2 Å². The molecule has 10 heteroatoms. The van der Waals surface area contributed by atoms with Crippen molar-refractivity contribution in [1.29, 1.82) is 0 Å². The van der Waals surface area contributed by atoms with Crippen LogP contribution < -0.4 is 0 Å². The monoisotopic (exact) mass is 418 g/mol. The lowest BCUT2D eigenvalue weighted by Crippen LogP contribution is -2.61. The number of nitrogens with zero attached hydrogens (tertiary/aromatic N) is 6. The normalized spacial score (nSPS) is 23.8. The number of piperidine rings is 2. The van der Waals surface area contributed by atoms with Gasteiger partial charge in [-0.3, -0.25) is 14.3 Å². The molecule has 2 fully saturated rings. The second-order valence-electron chi connectivity index (χ2n) is 8.30. The molecule has 0 aliphatic carbocycles. The van der Waals surface area contributed by atoms with Crippen molar-refractivity contribution in [2.24, 2.45) is 12.5 Å². The maximum Gasteiger partial charge on any atom is 0.272 e. The largest absolute Gasteiger partial charge is 0.336 e. The summed E-state index contributed by atoms with van der Waals surface area (Å²) >= 11 is 0. The number of carbonyl (C=O) groups excluding carboxylic acids is 2. The Kier molecular flexibility index (Phi) is 5.03. The summed E-state index contributed by atoms with van der Waals surface area (Å²) < 4.78 is 31.2. The summed E-state index contributed by atoms with van der Waals surface area (Å²) in [7, 11) is 1.80. The standard InChI is InChI=1S/C20H24F2N6O2/c1-14-8-15(26(2)25-14)9-27-7-3-5-19(18(27)30)10-20(21,22)12-28(11-19)17(29)16-4-6-23-13-24-16/h4,6,8,13H,3,5,7,9-12H2,1-2H3. The third-order valence-electron chi connectivity index (χ3n) is 5.88. The molecule has 2 aromatic heterocycles. The minimum absolute atomic E-state index is 0.0365. The molecule has 1 unspecified atom stereocenters. The van der Waals surface area contributed by atoms with Crippen LogP contribution in [-0.4, -0.2) is 66.9 Å². The van der Waals surface area contributed by atoms with Crippen LogP contribution in [0, 0.1) is 12.3 Å². The minimum Gasteiger partial charge on any atom is -0.336 e. The summed E-state index contributed by atoms with van der Waals surface area (Å²) in [5.74, 6) is -4.08. The smallest absolute Gasteiger partial charge is 0.272 e. The zero-order valence-electron chi connectivity index (χ0n) is 17.0. The number of alkyl halides is 2.